The first-order valence-corrected chi connectivity index (χ1v) is 7.31. The van der Waals surface area contributed by atoms with E-state index in [1.165, 1.54) is 5.56 Å². The highest BCUT2D eigenvalue weighted by atomic mass is 79.9. The molecule has 0 bridgehead atoms. The molecule has 0 amide bonds. The van der Waals surface area contributed by atoms with Crippen molar-refractivity contribution in [3.8, 4) is 0 Å². The molecule has 0 atom stereocenters. The fourth-order valence-corrected chi connectivity index (χ4v) is 3.15. The van der Waals surface area contributed by atoms with Gasteiger partial charge in [0.2, 0.25) is 0 Å². The van der Waals surface area contributed by atoms with Crippen LogP contribution in [0.15, 0.2) is 21.1 Å². The van der Waals surface area contributed by atoms with Gasteiger partial charge in [-0.3, -0.25) is 0 Å². The second kappa shape index (κ2) is 6.03. The van der Waals surface area contributed by atoms with Crippen molar-refractivity contribution >= 4 is 49.3 Å². The van der Waals surface area contributed by atoms with E-state index in [1.807, 2.05) is 11.8 Å². The lowest BCUT2D eigenvalue weighted by atomic mass is 10.2. The van der Waals surface area contributed by atoms with Crippen LogP contribution in [0.3, 0.4) is 0 Å². The molecule has 0 saturated heterocycles. The van der Waals surface area contributed by atoms with Gasteiger partial charge in [-0.2, -0.15) is 11.8 Å². The molecule has 4 heteroatoms. The Bertz CT molecular complexity index is 292. The Morgan fingerprint density at radius 3 is 2.36 bits per heavy atom. The number of anilines is 1. The van der Waals surface area contributed by atoms with Gasteiger partial charge in [0.15, 0.2) is 0 Å². The fourth-order valence-electron chi connectivity index (χ4n) is 1.15. The van der Waals surface area contributed by atoms with Gasteiger partial charge in [0, 0.05) is 21.2 Å². The third-order valence-corrected chi connectivity index (χ3v) is 3.66. The maximum atomic E-state index is 3.55. The minimum Gasteiger partial charge on any atom is -0.382 e. The molecule has 0 aliphatic carbocycles. The average Bonchev–Trinajstić information content (AvgIpc) is 2.09. The van der Waals surface area contributed by atoms with Crippen molar-refractivity contribution < 1.29 is 0 Å². The van der Waals surface area contributed by atoms with Crippen molar-refractivity contribution in [1.29, 1.82) is 0 Å². The molecule has 0 spiro atoms. The zero-order valence-corrected chi connectivity index (χ0v) is 12.2. The minimum atomic E-state index is 0.988. The lowest BCUT2D eigenvalue weighted by Gasteiger charge is -2.11. The van der Waals surface area contributed by atoms with Gasteiger partial charge < -0.3 is 5.32 Å². The summed E-state index contributed by atoms with van der Waals surface area (Å²) in [6.07, 6.45) is 2.11. The monoisotopic (exact) mass is 337 g/mol. The normalized spacial score (nSPS) is 10.3. The van der Waals surface area contributed by atoms with E-state index in [9.17, 15) is 0 Å². The molecule has 1 N–H and O–H groups in total. The van der Waals surface area contributed by atoms with Crippen LogP contribution in [0.4, 0.5) is 5.69 Å². The quantitative estimate of drug-likeness (QED) is 0.821. The van der Waals surface area contributed by atoms with Gasteiger partial charge in [-0.15, -0.1) is 0 Å². The molecule has 1 aromatic carbocycles. The van der Waals surface area contributed by atoms with Crippen LogP contribution in [0.5, 0.6) is 0 Å². The van der Waals surface area contributed by atoms with Crippen LogP contribution in [0.2, 0.25) is 0 Å². The number of rotatable bonds is 4. The second-order valence-electron chi connectivity index (χ2n) is 3.02. The van der Waals surface area contributed by atoms with E-state index in [1.54, 1.807) is 0 Å². The number of hydrogen-bond acceptors (Lipinski definition) is 2. The summed E-state index contributed by atoms with van der Waals surface area (Å²) < 4.78 is 2.23. The summed E-state index contributed by atoms with van der Waals surface area (Å²) >= 11 is 8.94. The molecule has 0 radical (unpaired) electrons. The van der Waals surface area contributed by atoms with Crippen LogP contribution in [0.25, 0.3) is 0 Å². The standard InChI is InChI=1S/C10H13Br2NS/c1-7-5-8(11)10(9(12)6-7)13-3-4-14-2/h5-6,13H,3-4H2,1-2H3. The van der Waals surface area contributed by atoms with E-state index in [4.69, 9.17) is 0 Å². The van der Waals surface area contributed by atoms with Gasteiger partial charge in [-0.1, -0.05) is 0 Å². The summed E-state index contributed by atoms with van der Waals surface area (Å²) in [5.41, 5.74) is 2.39. The lowest BCUT2D eigenvalue weighted by molar-refractivity contribution is 1.21. The van der Waals surface area contributed by atoms with Crippen molar-refractivity contribution in [3.05, 3.63) is 26.6 Å². The van der Waals surface area contributed by atoms with E-state index in [0.29, 0.717) is 0 Å². The Labute approximate surface area is 106 Å². The highest BCUT2D eigenvalue weighted by Crippen LogP contribution is 2.32. The molecule has 1 nitrogen and oxygen atoms in total. The summed E-state index contributed by atoms with van der Waals surface area (Å²) in [5.74, 6) is 1.12. The molecule has 0 aromatic heterocycles. The number of hydrogen-bond donors (Lipinski definition) is 1. The van der Waals surface area contributed by atoms with Crippen LogP contribution in [0, 0.1) is 6.92 Å². The minimum absolute atomic E-state index is 0.988. The molecule has 0 heterocycles. The topological polar surface area (TPSA) is 12.0 Å². The number of halogens is 2. The van der Waals surface area contributed by atoms with Crippen LogP contribution in [-0.2, 0) is 0 Å². The Kier molecular flexibility index (Phi) is 5.34. The number of aryl methyl sites for hydroxylation is 1. The molecule has 0 fully saturated rings. The van der Waals surface area contributed by atoms with E-state index in [0.717, 1.165) is 26.9 Å². The largest absolute Gasteiger partial charge is 0.382 e. The van der Waals surface area contributed by atoms with Gasteiger partial charge >= 0.3 is 0 Å². The van der Waals surface area contributed by atoms with E-state index in [-0.39, 0.29) is 0 Å². The van der Waals surface area contributed by atoms with Gasteiger partial charge in [-0.25, -0.2) is 0 Å². The lowest BCUT2D eigenvalue weighted by Crippen LogP contribution is -2.05. The Morgan fingerprint density at radius 2 is 1.86 bits per heavy atom. The zero-order chi connectivity index (χ0) is 10.6. The van der Waals surface area contributed by atoms with Crippen molar-refractivity contribution in [1.82, 2.24) is 0 Å². The Balaban J connectivity index is 2.75. The zero-order valence-electron chi connectivity index (χ0n) is 8.23. The van der Waals surface area contributed by atoms with Gasteiger partial charge in [0.25, 0.3) is 0 Å². The third kappa shape index (κ3) is 3.48. The fraction of sp³-hybridized carbons (Fsp3) is 0.400. The van der Waals surface area contributed by atoms with E-state index >= 15 is 0 Å². The molecule has 0 aliphatic heterocycles. The highest BCUT2D eigenvalue weighted by Gasteiger charge is 2.04. The van der Waals surface area contributed by atoms with Crippen molar-refractivity contribution in [2.24, 2.45) is 0 Å². The molecule has 0 saturated carbocycles. The van der Waals surface area contributed by atoms with E-state index < -0.39 is 0 Å². The predicted octanol–water partition coefficient (Wildman–Crippen LogP) is 4.29. The Morgan fingerprint density at radius 1 is 1.29 bits per heavy atom. The summed E-state index contributed by atoms with van der Waals surface area (Å²) in [4.78, 5) is 0. The summed E-state index contributed by atoms with van der Waals surface area (Å²) in [5, 5.41) is 3.39. The molecule has 14 heavy (non-hydrogen) atoms. The first-order chi connectivity index (χ1) is 6.65. The van der Waals surface area contributed by atoms with Crippen LogP contribution in [0.1, 0.15) is 5.56 Å². The molecular formula is C10H13Br2NS. The molecule has 78 valence electrons. The average molecular weight is 339 g/mol. The van der Waals surface area contributed by atoms with Crippen LogP contribution in [-0.4, -0.2) is 18.6 Å². The van der Waals surface area contributed by atoms with Crippen molar-refractivity contribution in [2.75, 3.05) is 23.9 Å². The van der Waals surface area contributed by atoms with E-state index in [2.05, 4.69) is 62.5 Å². The first-order valence-electron chi connectivity index (χ1n) is 4.33. The van der Waals surface area contributed by atoms with Gasteiger partial charge in [0.1, 0.15) is 0 Å². The summed E-state index contributed by atoms with van der Waals surface area (Å²) in [7, 11) is 0. The predicted molar refractivity (Wildman–Crippen MR) is 73.5 cm³/mol. The number of nitrogens with one attached hydrogen (secondary N) is 1. The highest BCUT2D eigenvalue weighted by molar-refractivity contribution is 9.11. The molecule has 0 unspecified atom stereocenters. The second-order valence-corrected chi connectivity index (χ2v) is 5.72. The summed E-state index contributed by atoms with van der Waals surface area (Å²) in [6, 6.07) is 4.23. The molecule has 0 aliphatic rings. The first kappa shape index (κ1) is 12.4. The molecule has 1 rings (SSSR count). The number of thioether (sulfide) groups is 1. The van der Waals surface area contributed by atoms with Crippen molar-refractivity contribution in [2.45, 2.75) is 6.92 Å². The third-order valence-electron chi connectivity index (χ3n) is 1.79. The Hall–Kier alpha value is 0.330. The smallest absolute Gasteiger partial charge is 0.0629 e. The van der Waals surface area contributed by atoms with Crippen LogP contribution >= 0.6 is 43.6 Å². The maximum absolute atomic E-state index is 3.55. The maximum Gasteiger partial charge on any atom is 0.0629 e. The molecular weight excluding hydrogens is 326 g/mol. The van der Waals surface area contributed by atoms with Gasteiger partial charge in [0.05, 0.1) is 5.69 Å². The van der Waals surface area contributed by atoms with Crippen LogP contribution < -0.4 is 5.32 Å². The number of benzene rings is 1. The molecule has 1 aromatic rings. The SMILES string of the molecule is CSCCNc1c(Br)cc(C)cc1Br. The summed E-state index contributed by atoms with van der Waals surface area (Å²) in [6.45, 7) is 3.07. The van der Waals surface area contributed by atoms with Crippen molar-refractivity contribution in [3.63, 3.8) is 0 Å². The van der Waals surface area contributed by atoms with Gasteiger partial charge in [-0.05, 0) is 62.7 Å².